The minimum Gasteiger partial charge on any atom is -0.368 e. The predicted molar refractivity (Wildman–Crippen MR) is 124 cm³/mol. The Labute approximate surface area is 187 Å². The van der Waals surface area contributed by atoms with E-state index in [4.69, 9.17) is 5.73 Å². The molecule has 9 heteroatoms. The molecule has 3 heterocycles. The van der Waals surface area contributed by atoms with Gasteiger partial charge in [0, 0.05) is 31.9 Å². The number of halogens is 2. The maximum Gasteiger partial charge on any atom is 0.330 e. The topological polar surface area (TPSA) is 92.9 Å². The van der Waals surface area contributed by atoms with Crippen LogP contribution in [-0.4, -0.2) is 33.2 Å². The second-order valence-corrected chi connectivity index (χ2v) is 7.50. The average Bonchev–Trinajstić information content (AvgIpc) is 2.92. The highest BCUT2D eigenvalue weighted by atomic mass is 35.5. The number of imidazole rings is 1. The largest absolute Gasteiger partial charge is 0.368 e. The molecular weight excluding hydrogens is 423 g/mol. The smallest absolute Gasteiger partial charge is 0.330 e. The fraction of sp³-hybridized carbons (Fsp3) is 0.381. The first-order valence-corrected chi connectivity index (χ1v) is 9.55. The third-order valence-corrected chi connectivity index (χ3v) is 5.45. The van der Waals surface area contributed by atoms with Crippen LogP contribution in [0.3, 0.4) is 0 Å². The van der Waals surface area contributed by atoms with Gasteiger partial charge in [-0.15, -0.1) is 24.8 Å². The molecule has 0 radical (unpaired) electrons. The summed E-state index contributed by atoms with van der Waals surface area (Å²) in [5.74, 6) is 0. The van der Waals surface area contributed by atoms with E-state index in [1.165, 1.54) is 0 Å². The molecule has 1 atom stereocenters. The van der Waals surface area contributed by atoms with Gasteiger partial charge in [0.05, 0.1) is 23.9 Å². The van der Waals surface area contributed by atoms with Gasteiger partial charge in [0.25, 0.3) is 0 Å². The second-order valence-electron chi connectivity index (χ2n) is 7.50. The van der Waals surface area contributed by atoms with Crippen LogP contribution in [0.1, 0.15) is 29.7 Å². The number of anilines is 1. The number of pyridine rings is 1. The van der Waals surface area contributed by atoms with E-state index in [2.05, 4.69) is 16.0 Å². The summed E-state index contributed by atoms with van der Waals surface area (Å²) in [6.07, 6.45) is 2.04. The van der Waals surface area contributed by atoms with E-state index in [1.54, 1.807) is 22.2 Å². The van der Waals surface area contributed by atoms with Gasteiger partial charge in [0.2, 0.25) is 0 Å². The zero-order valence-corrected chi connectivity index (χ0v) is 18.7. The van der Waals surface area contributed by atoms with Crippen molar-refractivity contribution >= 4 is 41.7 Å². The number of hydrogen-bond acceptors (Lipinski definition) is 5. The lowest BCUT2D eigenvalue weighted by Gasteiger charge is -2.33. The summed E-state index contributed by atoms with van der Waals surface area (Å²) in [6, 6.07) is 11.8. The molecule has 0 bridgehead atoms. The van der Waals surface area contributed by atoms with E-state index in [1.807, 2.05) is 31.2 Å². The van der Waals surface area contributed by atoms with E-state index in [-0.39, 0.29) is 36.5 Å². The Kier molecular flexibility index (Phi) is 7.54. The maximum absolute atomic E-state index is 13.1. The number of nitriles is 1. The fourth-order valence-electron chi connectivity index (χ4n) is 4.05. The van der Waals surface area contributed by atoms with Crippen LogP contribution in [0.2, 0.25) is 0 Å². The maximum atomic E-state index is 13.1. The molecule has 1 aromatic carbocycles. The van der Waals surface area contributed by atoms with Crippen LogP contribution in [0.4, 0.5) is 5.69 Å². The summed E-state index contributed by atoms with van der Waals surface area (Å²) in [4.78, 5) is 20.0. The lowest BCUT2D eigenvalue weighted by atomic mass is 10.1. The van der Waals surface area contributed by atoms with Crippen molar-refractivity contribution in [1.29, 1.82) is 5.26 Å². The van der Waals surface area contributed by atoms with Crippen molar-refractivity contribution in [1.82, 2.24) is 14.1 Å². The molecule has 0 aliphatic carbocycles. The van der Waals surface area contributed by atoms with Crippen LogP contribution in [0, 0.1) is 18.3 Å². The van der Waals surface area contributed by atoms with E-state index in [9.17, 15) is 10.1 Å². The van der Waals surface area contributed by atoms with Crippen molar-refractivity contribution in [2.45, 2.75) is 32.4 Å². The summed E-state index contributed by atoms with van der Waals surface area (Å²) in [5.41, 5.74) is 10.8. The minimum atomic E-state index is -0.136. The summed E-state index contributed by atoms with van der Waals surface area (Å²) in [5, 5.41) is 9.43. The molecule has 30 heavy (non-hydrogen) atoms. The van der Waals surface area contributed by atoms with Crippen LogP contribution in [0.25, 0.3) is 11.2 Å². The molecule has 2 aromatic heterocycles. The third-order valence-electron chi connectivity index (χ3n) is 5.45. The van der Waals surface area contributed by atoms with E-state index in [0.29, 0.717) is 17.8 Å². The first-order valence-electron chi connectivity index (χ1n) is 9.55. The number of aryl methyl sites for hydroxylation is 2. The molecular formula is C21H26Cl2N6O. The quantitative estimate of drug-likeness (QED) is 0.664. The van der Waals surface area contributed by atoms with Crippen molar-refractivity contribution in [2.75, 3.05) is 18.0 Å². The first-order chi connectivity index (χ1) is 13.5. The lowest BCUT2D eigenvalue weighted by Crippen LogP contribution is -2.43. The molecule has 1 saturated heterocycles. The molecule has 1 aliphatic rings. The Hall–Kier alpha value is -2.53. The number of fused-ring (bicyclic) bond motifs is 1. The molecule has 1 aliphatic heterocycles. The standard InChI is InChI=1S/C21H24N6O.2ClH/c1-14-10-18(26-9-5-8-17(23)13-26)19-20(24-14)25(2)21(28)27(19)12-16-7-4-3-6-15(16)11-22;;/h3-4,6-7,10,17H,5,8-9,12-13,23H2,1-2H3;2*1H. The van der Waals surface area contributed by atoms with Crippen LogP contribution in [0.15, 0.2) is 35.1 Å². The number of rotatable bonds is 3. The van der Waals surface area contributed by atoms with Crippen LogP contribution >= 0.6 is 24.8 Å². The molecule has 0 saturated carbocycles. The Balaban J connectivity index is 0.00000160. The molecule has 1 unspecified atom stereocenters. The number of nitrogens with two attached hydrogens (primary N) is 1. The highest BCUT2D eigenvalue weighted by Gasteiger charge is 2.24. The van der Waals surface area contributed by atoms with Gasteiger partial charge in [0.15, 0.2) is 5.65 Å². The van der Waals surface area contributed by atoms with Crippen molar-refractivity contribution in [3.8, 4) is 6.07 Å². The van der Waals surface area contributed by atoms with E-state index < -0.39 is 0 Å². The molecule has 0 amide bonds. The first kappa shape index (κ1) is 23.7. The van der Waals surface area contributed by atoms with Gasteiger partial charge in [0.1, 0.15) is 5.52 Å². The van der Waals surface area contributed by atoms with E-state index >= 15 is 0 Å². The van der Waals surface area contributed by atoms with Crippen molar-refractivity contribution in [2.24, 2.45) is 12.8 Å². The van der Waals surface area contributed by atoms with Crippen LogP contribution in [-0.2, 0) is 13.6 Å². The lowest BCUT2D eigenvalue weighted by molar-refractivity contribution is 0.506. The number of piperidine rings is 1. The summed E-state index contributed by atoms with van der Waals surface area (Å²) >= 11 is 0. The highest BCUT2D eigenvalue weighted by molar-refractivity contribution is 5.87. The van der Waals surface area contributed by atoms with Crippen molar-refractivity contribution in [3.05, 3.63) is 57.6 Å². The van der Waals surface area contributed by atoms with Crippen LogP contribution < -0.4 is 16.3 Å². The van der Waals surface area contributed by atoms with Crippen molar-refractivity contribution in [3.63, 3.8) is 0 Å². The summed E-state index contributed by atoms with van der Waals surface area (Å²) in [7, 11) is 1.75. The zero-order valence-electron chi connectivity index (χ0n) is 17.0. The van der Waals surface area contributed by atoms with Gasteiger partial charge in [-0.2, -0.15) is 5.26 Å². The number of benzene rings is 1. The number of aromatic nitrogens is 3. The molecule has 160 valence electrons. The monoisotopic (exact) mass is 448 g/mol. The number of nitrogens with zero attached hydrogens (tertiary/aromatic N) is 5. The summed E-state index contributed by atoms with van der Waals surface area (Å²) < 4.78 is 3.32. The van der Waals surface area contributed by atoms with Gasteiger partial charge in [-0.1, -0.05) is 18.2 Å². The molecule has 7 nitrogen and oxygen atoms in total. The zero-order chi connectivity index (χ0) is 19.8. The van der Waals surface area contributed by atoms with Crippen molar-refractivity contribution < 1.29 is 0 Å². The predicted octanol–water partition coefficient (Wildman–Crippen LogP) is 2.73. The normalized spacial score (nSPS) is 15.9. The molecule has 1 fully saturated rings. The van der Waals surface area contributed by atoms with Crippen LogP contribution in [0.5, 0.6) is 0 Å². The Morgan fingerprint density at radius 2 is 2.03 bits per heavy atom. The molecule has 4 rings (SSSR count). The third kappa shape index (κ3) is 4.17. The average molecular weight is 449 g/mol. The fourth-order valence-corrected chi connectivity index (χ4v) is 4.05. The Morgan fingerprint density at radius 1 is 1.30 bits per heavy atom. The summed E-state index contributed by atoms with van der Waals surface area (Å²) in [6.45, 7) is 3.94. The van der Waals surface area contributed by atoms with E-state index in [0.717, 1.165) is 48.4 Å². The minimum absolute atomic E-state index is 0. The Morgan fingerprint density at radius 3 is 2.73 bits per heavy atom. The molecule has 3 aromatic rings. The van der Waals surface area contributed by atoms with Gasteiger partial charge in [-0.3, -0.25) is 9.13 Å². The number of hydrogen-bond donors (Lipinski definition) is 1. The van der Waals surface area contributed by atoms with Gasteiger partial charge in [-0.05, 0) is 37.5 Å². The van der Waals surface area contributed by atoms with Gasteiger partial charge >= 0.3 is 5.69 Å². The second kappa shape index (κ2) is 9.52. The Bertz CT molecular complexity index is 1150. The van der Waals surface area contributed by atoms with Gasteiger partial charge in [-0.25, -0.2) is 9.78 Å². The molecule has 0 spiro atoms. The SMILES string of the molecule is Cc1cc(N2CCCC(N)C2)c2c(n1)n(C)c(=O)n2Cc1ccccc1C#N.Cl.Cl. The van der Waals surface area contributed by atoms with Gasteiger partial charge < -0.3 is 10.6 Å². The molecule has 2 N–H and O–H groups in total. The highest BCUT2D eigenvalue weighted by Crippen LogP contribution is 2.29.